The van der Waals surface area contributed by atoms with Crippen LogP contribution in [0.25, 0.3) is 0 Å². The van der Waals surface area contributed by atoms with Crippen molar-refractivity contribution < 1.29 is 24.5 Å². The Kier molecular flexibility index (Phi) is 6.04. The van der Waals surface area contributed by atoms with E-state index in [1.165, 1.54) is 0 Å². The molecular weight excluding hydrogens is 252 g/mol. The van der Waals surface area contributed by atoms with Crippen molar-refractivity contribution in [2.75, 3.05) is 26.2 Å². The Morgan fingerprint density at radius 1 is 1.47 bits per heavy atom. The van der Waals surface area contributed by atoms with Gasteiger partial charge in [0.05, 0.1) is 31.3 Å². The Bertz CT molecular complexity index is 323. The van der Waals surface area contributed by atoms with Gasteiger partial charge in [0.25, 0.3) is 0 Å². The molecular formula is C12H22N2O5. The lowest BCUT2D eigenvalue weighted by molar-refractivity contribution is -0.141. The Balaban J connectivity index is 2.46. The second kappa shape index (κ2) is 7.30. The van der Waals surface area contributed by atoms with Gasteiger partial charge in [-0.1, -0.05) is 6.92 Å². The molecule has 1 aliphatic rings. The minimum absolute atomic E-state index is 0.111. The smallest absolute Gasteiger partial charge is 0.317 e. The number of carbonyl (C=O) groups excluding carboxylic acids is 1. The molecule has 0 aromatic rings. The van der Waals surface area contributed by atoms with E-state index in [0.717, 1.165) is 0 Å². The maximum absolute atomic E-state index is 11.9. The fourth-order valence-electron chi connectivity index (χ4n) is 2.04. The Labute approximate surface area is 112 Å². The summed E-state index contributed by atoms with van der Waals surface area (Å²) in [6.07, 6.45) is -0.0527. The van der Waals surface area contributed by atoms with Gasteiger partial charge in [-0.15, -0.1) is 0 Å². The summed E-state index contributed by atoms with van der Waals surface area (Å²) in [7, 11) is 0. The lowest BCUT2D eigenvalue weighted by atomic mass is 10.1. The number of hydrogen-bond donors (Lipinski definition) is 3. The van der Waals surface area contributed by atoms with Gasteiger partial charge in [-0.05, 0) is 13.3 Å². The predicted octanol–water partition coefficient (Wildman–Crippen LogP) is -0.112. The van der Waals surface area contributed by atoms with Crippen molar-refractivity contribution in [1.29, 1.82) is 0 Å². The van der Waals surface area contributed by atoms with Crippen LogP contribution >= 0.6 is 0 Å². The highest BCUT2D eigenvalue weighted by Crippen LogP contribution is 2.11. The fraction of sp³-hybridized carbons (Fsp3) is 0.833. The summed E-state index contributed by atoms with van der Waals surface area (Å²) in [6, 6.07) is -0.312. The monoisotopic (exact) mass is 274 g/mol. The van der Waals surface area contributed by atoms with Crippen molar-refractivity contribution in [2.24, 2.45) is 5.92 Å². The summed E-state index contributed by atoms with van der Waals surface area (Å²) in [5.74, 6) is -1.48. The first kappa shape index (κ1) is 15.7. The highest BCUT2D eigenvalue weighted by Gasteiger charge is 2.28. The number of carboxylic acids is 1. The maximum Gasteiger partial charge on any atom is 0.317 e. The number of nitrogens with one attached hydrogen (secondary N) is 1. The summed E-state index contributed by atoms with van der Waals surface area (Å²) in [5, 5.41) is 20.6. The summed E-state index contributed by atoms with van der Waals surface area (Å²) >= 11 is 0. The third-order valence-corrected chi connectivity index (χ3v) is 3.16. The first-order chi connectivity index (χ1) is 8.97. The number of morpholine rings is 1. The molecule has 0 aliphatic carbocycles. The third-order valence-electron chi connectivity index (χ3n) is 3.16. The van der Waals surface area contributed by atoms with Gasteiger partial charge >= 0.3 is 12.0 Å². The quantitative estimate of drug-likeness (QED) is 0.649. The Morgan fingerprint density at radius 3 is 2.68 bits per heavy atom. The van der Waals surface area contributed by atoms with Gasteiger partial charge < -0.3 is 25.2 Å². The van der Waals surface area contributed by atoms with E-state index in [-0.39, 0.29) is 31.4 Å². The molecule has 3 unspecified atom stereocenters. The van der Waals surface area contributed by atoms with E-state index in [1.54, 1.807) is 11.8 Å². The second-order valence-electron chi connectivity index (χ2n) is 4.79. The molecule has 0 bridgehead atoms. The lowest BCUT2D eigenvalue weighted by Crippen LogP contribution is -2.54. The van der Waals surface area contributed by atoms with Gasteiger partial charge in [0.1, 0.15) is 0 Å². The molecule has 1 heterocycles. The van der Waals surface area contributed by atoms with Crippen LogP contribution in [-0.2, 0) is 9.53 Å². The molecule has 1 aliphatic heterocycles. The van der Waals surface area contributed by atoms with Crippen molar-refractivity contribution in [2.45, 2.75) is 32.5 Å². The number of amides is 2. The molecule has 3 N–H and O–H groups in total. The number of aliphatic hydroxyl groups excluding tert-OH is 1. The molecule has 0 radical (unpaired) electrons. The average molecular weight is 274 g/mol. The molecule has 2 amide bonds. The number of urea groups is 1. The van der Waals surface area contributed by atoms with Crippen LogP contribution in [-0.4, -0.2) is 65.6 Å². The first-order valence-corrected chi connectivity index (χ1v) is 6.49. The predicted molar refractivity (Wildman–Crippen MR) is 67.8 cm³/mol. The highest BCUT2D eigenvalue weighted by atomic mass is 16.5. The maximum atomic E-state index is 11.9. The van der Waals surface area contributed by atoms with E-state index in [4.69, 9.17) is 14.9 Å². The van der Waals surface area contributed by atoms with Crippen LogP contribution in [0.4, 0.5) is 4.79 Å². The van der Waals surface area contributed by atoms with Crippen molar-refractivity contribution >= 4 is 12.0 Å². The first-order valence-electron chi connectivity index (χ1n) is 6.49. The van der Waals surface area contributed by atoms with E-state index in [9.17, 15) is 9.59 Å². The second-order valence-corrected chi connectivity index (χ2v) is 4.79. The van der Waals surface area contributed by atoms with E-state index in [0.29, 0.717) is 19.5 Å². The van der Waals surface area contributed by atoms with Crippen molar-refractivity contribution in [1.82, 2.24) is 10.2 Å². The molecule has 19 heavy (non-hydrogen) atoms. The molecule has 0 aromatic carbocycles. The zero-order valence-corrected chi connectivity index (χ0v) is 11.3. The Morgan fingerprint density at radius 2 is 2.16 bits per heavy atom. The molecule has 7 heteroatoms. The minimum atomic E-state index is -0.911. The Hall–Kier alpha value is -1.34. The number of nitrogens with zero attached hydrogens (tertiary/aromatic N) is 1. The van der Waals surface area contributed by atoms with Gasteiger partial charge in [-0.2, -0.15) is 0 Å². The number of aliphatic hydroxyl groups is 1. The molecule has 1 fully saturated rings. The number of ether oxygens (including phenoxy) is 1. The summed E-state index contributed by atoms with van der Waals surface area (Å²) < 4.78 is 5.44. The normalized spacial score (nSPS) is 24.9. The number of carbonyl (C=O) groups is 2. The van der Waals surface area contributed by atoms with E-state index < -0.39 is 11.9 Å². The van der Waals surface area contributed by atoms with Crippen LogP contribution < -0.4 is 5.32 Å². The largest absolute Gasteiger partial charge is 0.481 e. The molecule has 3 atom stereocenters. The van der Waals surface area contributed by atoms with Gasteiger partial charge in [0, 0.05) is 13.1 Å². The van der Waals surface area contributed by atoms with Crippen LogP contribution in [0.15, 0.2) is 0 Å². The number of hydrogen-bond acceptors (Lipinski definition) is 4. The highest BCUT2D eigenvalue weighted by molar-refractivity contribution is 5.76. The number of rotatable bonds is 5. The average Bonchev–Trinajstić information content (AvgIpc) is 2.37. The number of aliphatic carboxylic acids is 1. The van der Waals surface area contributed by atoms with Gasteiger partial charge in [0.15, 0.2) is 0 Å². The standard InChI is InChI=1S/C12H22N2O5/c1-3-9(11(16)17)4-13-12(18)14-5-8(2)19-10(6-14)7-15/h8-10,15H,3-7H2,1-2H3,(H,13,18)(H,16,17). The summed E-state index contributed by atoms with van der Waals surface area (Å²) in [5.41, 5.74) is 0. The number of carboxylic acid groups (broad SMARTS) is 1. The topological polar surface area (TPSA) is 99.1 Å². The molecule has 1 saturated heterocycles. The molecule has 0 spiro atoms. The van der Waals surface area contributed by atoms with Gasteiger partial charge in [-0.25, -0.2) is 4.79 Å². The lowest BCUT2D eigenvalue weighted by Gasteiger charge is -2.36. The van der Waals surface area contributed by atoms with Crippen molar-refractivity contribution in [3.8, 4) is 0 Å². The zero-order chi connectivity index (χ0) is 14.4. The van der Waals surface area contributed by atoms with E-state index >= 15 is 0 Å². The van der Waals surface area contributed by atoms with Crippen LogP contribution in [0.5, 0.6) is 0 Å². The molecule has 0 saturated carbocycles. The van der Waals surface area contributed by atoms with Crippen LogP contribution in [0, 0.1) is 5.92 Å². The van der Waals surface area contributed by atoms with Crippen molar-refractivity contribution in [3.63, 3.8) is 0 Å². The van der Waals surface area contributed by atoms with Crippen LogP contribution in [0.2, 0.25) is 0 Å². The summed E-state index contributed by atoms with van der Waals surface area (Å²) in [4.78, 5) is 24.3. The summed E-state index contributed by atoms with van der Waals surface area (Å²) in [6.45, 7) is 4.32. The fourth-order valence-corrected chi connectivity index (χ4v) is 2.04. The van der Waals surface area contributed by atoms with Gasteiger partial charge in [0.2, 0.25) is 0 Å². The van der Waals surface area contributed by atoms with Crippen molar-refractivity contribution in [3.05, 3.63) is 0 Å². The van der Waals surface area contributed by atoms with Gasteiger partial charge in [-0.3, -0.25) is 4.79 Å². The van der Waals surface area contributed by atoms with Crippen LogP contribution in [0.3, 0.4) is 0 Å². The van der Waals surface area contributed by atoms with E-state index in [1.807, 2.05) is 6.92 Å². The molecule has 110 valence electrons. The minimum Gasteiger partial charge on any atom is -0.481 e. The third kappa shape index (κ3) is 4.68. The zero-order valence-electron chi connectivity index (χ0n) is 11.3. The SMILES string of the molecule is CCC(CNC(=O)N1CC(C)OC(CO)C1)C(=O)O. The molecule has 1 rings (SSSR count). The molecule has 0 aromatic heterocycles. The molecule has 7 nitrogen and oxygen atoms in total. The van der Waals surface area contributed by atoms with E-state index in [2.05, 4.69) is 5.32 Å². The van der Waals surface area contributed by atoms with Crippen LogP contribution in [0.1, 0.15) is 20.3 Å².